The molecule has 280 valence electrons. The number of alkyl carbamates (subject to hydrolysis) is 1. The molecule has 3 aromatic rings. The fraction of sp³-hybridized carbons (Fsp3) is 0.432. The Labute approximate surface area is 303 Å². The second-order valence-electron chi connectivity index (χ2n) is 13.5. The van der Waals surface area contributed by atoms with Gasteiger partial charge in [-0.05, 0) is 63.3 Å². The van der Waals surface area contributed by atoms with E-state index in [1.54, 1.807) is 20.8 Å². The van der Waals surface area contributed by atoms with Gasteiger partial charge in [-0.15, -0.1) is 0 Å². The summed E-state index contributed by atoms with van der Waals surface area (Å²) in [5.41, 5.74) is 0.658. The van der Waals surface area contributed by atoms with Gasteiger partial charge in [0.1, 0.15) is 11.6 Å². The Morgan fingerprint density at radius 1 is 0.923 bits per heavy atom. The number of nitrogens with one attached hydrogen (secondary N) is 2. The Morgan fingerprint density at radius 3 is 2.04 bits per heavy atom. The van der Waals surface area contributed by atoms with Crippen LogP contribution in [0, 0.1) is 10.1 Å². The van der Waals surface area contributed by atoms with Gasteiger partial charge in [-0.2, -0.15) is 0 Å². The van der Waals surface area contributed by atoms with Gasteiger partial charge in [-0.3, -0.25) is 14.9 Å². The monoisotopic (exact) mass is 738 g/mol. The number of rotatable bonds is 14. The Kier molecular flexibility index (Phi) is 13.7. The SMILES string of the molecule is COC(=O)N[C@H](C(=O)NCCCCC1CN(C(=O)OC(C)(C)C)C[C@@H](CS(=O)(=O)c2ccc([N+](=O)[O-])cc2)O1)C(c1ccccc1)c1ccccc1. The smallest absolute Gasteiger partial charge is 0.410 e. The first-order chi connectivity index (χ1) is 24.7. The van der Waals surface area contributed by atoms with E-state index in [2.05, 4.69) is 10.6 Å². The molecule has 0 saturated carbocycles. The van der Waals surface area contributed by atoms with Crippen LogP contribution >= 0.6 is 0 Å². The summed E-state index contributed by atoms with van der Waals surface area (Å²) >= 11 is 0. The summed E-state index contributed by atoms with van der Waals surface area (Å²) in [5.74, 6) is -1.35. The minimum absolute atomic E-state index is 0.0216. The number of nitro benzene ring substituents is 1. The van der Waals surface area contributed by atoms with Gasteiger partial charge >= 0.3 is 12.2 Å². The zero-order valence-corrected chi connectivity index (χ0v) is 30.5. The first kappa shape index (κ1) is 39.8. The summed E-state index contributed by atoms with van der Waals surface area (Å²) in [6.07, 6.45) is -1.22. The minimum atomic E-state index is -3.93. The Morgan fingerprint density at radius 2 is 1.50 bits per heavy atom. The molecule has 0 bridgehead atoms. The first-order valence-corrected chi connectivity index (χ1v) is 18.6. The van der Waals surface area contributed by atoms with Crippen molar-refractivity contribution in [3.63, 3.8) is 0 Å². The molecule has 4 rings (SSSR count). The number of carbonyl (C=O) groups is 3. The molecule has 15 heteroatoms. The van der Waals surface area contributed by atoms with E-state index < -0.39 is 68.4 Å². The number of non-ortho nitro benzene ring substituents is 1. The number of nitrogens with zero attached hydrogens (tertiary/aromatic N) is 2. The van der Waals surface area contributed by atoms with Gasteiger partial charge in [0, 0.05) is 24.6 Å². The number of hydrogen-bond donors (Lipinski definition) is 2. The van der Waals surface area contributed by atoms with E-state index in [-0.39, 0.29) is 30.2 Å². The molecule has 2 N–H and O–H groups in total. The third-order valence-electron chi connectivity index (χ3n) is 8.34. The van der Waals surface area contributed by atoms with E-state index in [9.17, 15) is 32.9 Å². The van der Waals surface area contributed by atoms with Crippen molar-refractivity contribution in [2.24, 2.45) is 0 Å². The number of sulfone groups is 1. The molecule has 1 heterocycles. The number of nitro groups is 1. The number of morpholine rings is 1. The molecule has 3 amide bonds. The molecular weight excluding hydrogens is 692 g/mol. The molecular formula is C37H46N4O10S. The van der Waals surface area contributed by atoms with Crippen LogP contribution in [-0.4, -0.2) is 92.7 Å². The lowest BCUT2D eigenvalue weighted by atomic mass is 9.84. The fourth-order valence-electron chi connectivity index (χ4n) is 5.97. The molecule has 3 atom stereocenters. The van der Waals surface area contributed by atoms with E-state index in [1.165, 1.54) is 24.1 Å². The van der Waals surface area contributed by atoms with Crippen LogP contribution in [-0.2, 0) is 28.8 Å². The van der Waals surface area contributed by atoms with Crippen molar-refractivity contribution in [3.05, 3.63) is 106 Å². The second-order valence-corrected chi connectivity index (χ2v) is 15.5. The average Bonchev–Trinajstić information content (AvgIpc) is 3.11. The highest BCUT2D eigenvalue weighted by atomic mass is 32.2. The van der Waals surface area contributed by atoms with Crippen molar-refractivity contribution in [2.75, 3.05) is 32.5 Å². The average molecular weight is 739 g/mol. The number of amides is 3. The molecule has 3 aromatic carbocycles. The van der Waals surface area contributed by atoms with Crippen molar-refractivity contribution >= 4 is 33.6 Å². The molecule has 1 fully saturated rings. The highest BCUT2D eigenvalue weighted by Crippen LogP contribution is 2.29. The van der Waals surface area contributed by atoms with E-state index in [4.69, 9.17) is 14.2 Å². The van der Waals surface area contributed by atoms with Gasteiger partial charge in [0.15, 0.2) is 9.84 Å². The lowest BCUT2D eigenvalue weighted by Crippen LogP contribution is -2.53. The maximum Gasteiger partial charge on any atom is 0.410 e. The van der Waals surface area contributed by atoms with Crippen LogP contribution in [0.2, 0.25) is 0 Å². The van der Waals surface area contributed by atoms with Crippen LogP contribution in [0.4, 0.5) is 15.3 Å². The number of unbranched alkanes of at least 4 members (excludes halogenated alkanes) is 1. The Bertz CT molecular complexity index is 1730. The Hall–Kier alpha value is -5.02. The van der Waals surface area contributed by atoms with Gasteiger partial charge < -0.3 is 29.7 Å². The molecule has 1 aliphatic heterocycles. The number of methoxy groups -OCH3 is 1. The lowest BCUT2D eigenvalue weighted by molar-refractivity contribution is -0.384. The number of ether oxygens (including phenoxy) is 3. The van der Waals surface area contributed by atoms with Crippen molar-refractivity contribution in [1.29, 1.82) is 0 Å². The van der Waals surface area contributed by atoms with Gasteiger partial charge in [0.25, 0.3) is 5.69 Å². The Balaban J connectivity index is 1.41. The summed E-state index contributed by atoms with van der Waals surface area (Å²) in [6, 6.07) is 22.4. The summed E-state index contributed by atoms with van der Waals surface area (Å²) in [5, 5.41) is 16.7. The quantitative estimate of drug-likeness (QED) is 0.126. The van der Waals surface area contributed by atoms with E-state index in [1.807, 2.05) is 60.7 Å². The van der Waals surface area contributed by atoms with Gasteiger partial charge in [-0.1, -0.05) is 60.7 Å². The van der Waals surface area contributed by atoms with Crippen LogP contribution in [0.1, 0.15) is 57.1 Å². The van der Waals surface area contributed by atoms with Crippen molar-refractivity contribution in [3.8, 4) is 0 Å². The molecule has 1 saturated heterocycles. The predicted molar refractivity (Wildman–Crippen MR) is 193 cm³/mol. The van der Waals surface area contributed by atoms with E-state index >= 15 is 0 Å². The molecule has 0 spiro atoms. The molecule has 1 aliphatic rings. The maximum atomic E-state index is 13.7. The minimum Gasteiger partial charge on any atom is -0.453 e. The van der Waals surface area contributed by atoms with Crippen LogP contribution in [0.15, 0.2) is 89.8 Å². The zero-order chi connectivity index (χ0) is 37.9. The molecule has 52 heavy (non-hydrogen) atoms. The highest BCUT2D eigenvalue weighted by Gasteiger charge is 2.36. The van der Waals surface area contributed by atoms with Gasteiger partial charge in [0.05, 0.1) is 48.0 Å². The second kappa shape index (κ2) is 18.0. The summed E-state index contributed by atoms with van der Waals surface area (Å²) in [7, 11) is -2.69. The molecule has 0 aromatic heterocycles. The number of carbonyl (C=O) groups excluding carboxylic acids is 3. The van der Waals surface area contributed by atoms with Crippen molar-refractivity contribution < 1.29 is 41.9 Å². The van der Waals surface area contributed by atoms with Crippen LogP contribution in [0.3, 0.4) is 0 Å². The standard InChI is InChI=1S/C37H46N4O10S/c1-37(2,3)51-36(44)40-23-29(50-30(24-40)25-52(47,48)31-20-18-28(19-21-31)41(45)46)17-11-12-22-38-34(42)33(39-35(43)49-4)32(26-13-7-5-8-14-26)27-15-9-6-10-16-27/h5-10,13-16,18-21,29-30,32-33H,11-12,17,22-25H2,1-4H3,(H,38,42)(H,39,43)/t29?,30-,33-/m0/s1. The molecule has 14 nitrogen and oxygen atoms in total. The van der Waals surface area contributed by atoms with Crippen molar-refractivity contribution in [2.45, 2.75) is 74.7 Å². The third kappa shape index (κ3) is 11.5. The summed E-state index contributed by atoms with van der Waals surface area (Å²) in [6.45, 7) is 5.64. The maximum absolute atomic E-state index is 13.7. The third-order valence-corrected chi connectivity index (χ3v) is 10.1. The first-order valence-electron chi connectivity index (χ1n) is 17.0. The fourth-order valence-corrected chi connectivity index (χ4v) is 7.39. The number of benzene rings is 3. The zero-order valence-electron chi connectivity index (χ0n) is 29.7. The molecule has 1 unspecified atom stereocenters. The van der Waals surface area contributed by atoms with Gasteiger partial charge in [0.2, 0.25) is 5.91 Å². The lowest BCUT2D eigenvalue weighted by Gasteiger charge is -2.38. The van der Waals surface area contributed by atoms with Gasteiger partial charge in [-0.25, -0.2) is 18.0 Å². The van der Waals surface area contributed by atoms with Crippen LogP contribution in [0.25, 0.3) is 0 Å². The summed E-state index contributed by atoms with van der Waals surface area (Å²) < 4.78 is 43.1. The normalized spacial score (nSPS) is 16.8. The summed E-state index contributed by atoms with van der Waals surface area (Å²) in [4.78, 5) is 50.9. The van der Waals surface area contributed by atoms with E-state index in [0.29, 0.717) is 19.3 Å². The van der Waals surface area contributed by atoms with E-state index in [0.717, 1.165) is 23.3 Å². The molecule has 0 aliphatic carbocycles. The molecule has 0 radical (unpaired) electrons. The van der Waals surface area contributed by atoms with Crippen LogP contribution < -0.4 is 10.6 Å². The van der Waals surface area contributed by atoms with Crippen LogP contribution in [0.5, 0.6) is 0 Å². The predicted octanol–water partition coefficient (Wildman–Crippen LogP) is 5.22. The number of hydrogen-bond acceptors (Lipinski definition) is 10. The largest absolute Gasteiger partial charge is 0.453 e. The topological polar surface area (TPSA) is 183 Å². The highest BCUT2D eigenvalue weighted by molar-refractivity contribution is 7.91. The van der Waals surface area contributed by atoms with Crippen molar-refractivity contribution in [1.82, 2.24) is 15.5 Å².